The highest BCUT2D eigenvalue weighted by molar-refractivity contribution is 6.30. The Kier molecular flexibility index (Phi) is 7.46. The van der Waals surface area contributed by atoms with Crippen LogP contribution in [0.25, 0.3) is 11.1 Å². The number of nitrogens with zero attached hydrogens (tertiary/aromatic N) is 2. The number of benzene rings is 3. The smallest absolute Gasteiger partial charge is 0.338 e. The van der Waals surface area contributed by atoms with E-state index in [1.165, 1.54) is 0 Å². The molecule has 0 spiro atoms. The van der Waals surface area contributed by atoms with Crippen molar-refractivity contribution >= 4 is 34.9 Å². The van der Waals surface area contributed by atoms with Gasteiger partial charge in [-0.05, 0) is 92.4 Å². The number of amides is 1. The molecule has 5 nitrogen and oxygen atoms in total. The fraction of sp³-hybridized carbons (Fsp3) is 0.310. The lowest BCUT2D eigenvalue weighted by molar-refractivity contribution is -0.117. The molecule has 0 bridgehead atoms. The molecule has 0 aliphatic carbocycles. The van der Waals surface area contributed by atoms with Gasteiger partial charge in [0.15, 0.2) is 0 Å². The van der Waals surface area contributed by atoms with Crippen LogP contribution in [0.1, 0.15) is 56.1 Å². The normalized spacial score (nSPS) is 17.0. The zero-order valence-corrected chi connectivity index (χ0v) is 21.4. The van der Waals surface area contributed by atoms with E-state index in [4.69, 9.17) is 16.3 Å². The molecule has 0 radical (unpaired) electrons. The summed E-state index contributed by atoms with van der Waals surface area (Å²) >= 11 is 6.15. The first-order valence-electron chi connectivity index (χ1n) is 12.1. The summed E-state index contributed by atoms with van der Waals surface area (Å²) in [5.41, 5.74) is 5.72. The van der Waals surface area contributed by atoms with Crippen molar-refractivity contribution in [1.29, 1.82) is 0 Å². The Morgan fingerprint density at radius 1 is 1.00 bits per heavy atom. The summed E-state index contributed by atoms with van der Waals surface area (Å²) in [4.78, 5) is 28.9. The van der Waals surface area contributed by atoms with Crippen LogP contribution in [-0.2, 0) is 9.53 Å². The molecular weight excluding hydrogens is 460 g/mol. The van der Waals surface area contributed by atoms with Crippen molar-refractivity contribution in [3.63, 3.8) is 0 Å². The number of anilines is 2. The Hall–Kier alpha value is -3.31. The van der Waals surface area contributed by atoms with Crippen molar-refractivity contribution < 1.29 is 14.3 Å². The van der Waals surface area contributed by atoms with Crippen LogP contribution in [0.5, 0.6) is 0 Å². The zero-order valence-electron chi connectivity index (χ0n) is 20.6. The van der Waals surface area contributed by atoms with Gasteiger partial charge in [0, 0.05) is 35.9 Å². The SMILES string of the molecule is CCOC(=O)c1ccc(-c2ccc3c(c2)[C@@H](N(CC)c2ccc(Cl)cc2)C[C@@H](C)N3C(C)=O)cc1. The topological polar surface area (TPSA) is 49.9 Å². The summed E-state index contributed by atoms with van der Waals surface area (Å²) in [5.74, 6) is -0.282. The van der Waals surface area contributed by atoms with Gasteiger partial charge in [-0.15, -0.1) is 0 Å². The fourth-order valence-electron chi connectivity index (χ4n) is 5.02. The molecule has 0 unspecified atom stereocenters. The first-order valence-corrected chi connectivity index (χ1v) is 12.4. The van der Waals surface area contributed by atoms with Crippen molar-refractivity contribution in [2.75, 3.05) is 23.0 Å². The molecule has 4 rings (SSSR count). The number of hydrogen-bond acceptors (Lipinski definition) is 4. The summed E-state index contributed by atoms with van der Waals surface area (Å²) < 4.78 is 5.10. The van der Waals surface area contributed by atoms with Gasteiger partial charge in [-0.3, -0.25) is 4.79 Å². The summed E-state index contributed by atoms with van der Waals surface area (Å²) in [6.07, 6.45) is 0.814. The minimum Gasteiger partial charge on any atom is -0.462 e. The highest BCUT2D eigenvalue weighted by Crippen LogP contribution is 2.44. The lowest BCUT2D eigenvalue weighted by atomic mass is 9.87. The maximum Gasteiger partial charge on any atom is 0.338 e. The summed E-state index contributed by atoms with van der Waals surface area (Å²) in [6.45, 7) is 8.84. The second kappa shape index (κ2) is 10.5. The van der Waals surface area contributed by atoms with E-state index in [1.54, 1.807) is 26.0 Å². The number of halogens is 1. The number of ether oxygens (including phenoxy) is 1. The maximum absolute atomic E-state index is 12.6. The van der Waals surface area contributed by atoms with Gasteiger partial charge < -0.3 is 14.5 Å². The minimum atomic E-state index is -0.322. The summed E-state index contributed by atoms with van der Waals surface area (Å²) in [5, 5.41) is 0.707. The number of esters is 1. The number of fused-ring (bicyclic) bond motifs is 1. The van der Waals surface area contributed by atoms with Crippen molar-refractivity contribution in [2.24, 2.45) is 0 Å². The van der Waals surface area contributed by atoms with Gasteiger partial charge in [0.25, 0.3) is 0 Å². The highest BCUT2D eigenvalue weighted by atomic mass is 35.5. The molecule has 2 atom stereocenters. The Balaban J connectivity index is 1.77. The largest absolute Gasteiger partial charge is 0.462 e. The molecule has 3 aromatic carbocycles. The van der Waals surface area contributed by atoms with Crippen molar-refractivity contribution in [3.8, 4) is 11.1 Å². The zero-order chi connectivity index (χ0) is 25.1. The van der Waals surface area contributed by atoms with Crippen molar-refractivity contribution in [3.05, 3.63) is 82.9 Å². The standard InChI is InChI=1S/C29H31ClN2O3/c1-5-31(25-14-12-24(30)13-15-25)28-17-19(3)32(20(4)33)27-16-11-23(18-26(27)28)21-7-9-22(10-8-21)29(34)35-6-2/h7-16,18-19,28H,5-6,17H2,1-4H3/t19-,28+/m1/s1. The molecule has 0 N–H and O–H groups in total. The van der Waals surface area contributed by atoms with E-state index in [9.17, 15) is 9.59 Å². The molecule has 1 aliphatic heterocycles. The van der Waals surface area contributed by atoms with Gasteiger partial charge in [-0.2, -0.15) is 0 Å². The van der Waals surface area contributed by atoms with Gasteiger partial charge in [0.2, 0.25) is 5.91 Å². The molecule has 0 fully saturated rings. The quantitative estimate of drug-likeness (QED) is 0.353. The van der Waals surface area contributed by atoms with Crippen LogP contribution < -0.4 is 9.80 Å². The third-order valence-corrected chi connectivity index (χ3v) is 6.85. The highest BCUT2D eigenvalue weighted by Gasteiger charge is 2.35. The molecule has 182 valence electrons. The Labute approximate surface area is 212 Å². The van der Waals surface area contributed by atoms with Crippen LogP contribution in [0.3, 0.4) is 0 Å². The fourth-order valence-corrected chi connectivity index (χ4v) is 5.14. The van der Waals surface area contributed by atoms with E-state index in [2.05, 4.69) is 24.8 Å². The molecule has 0 aromatic heterocycles. The molecule has 1 heterocycles. The van der Waals surface area contributed by atoms with E-state index < -0.39 is 0 Å². The molecular formula is C29H31ClN2O3. The van der Waals surface area contributed by atoms with Gasteiger partial charge >= 0.3 is 5.97 Å². The van der Waals surface area contributed by atoms with Crippen LogP contribution >= 0.6 is 11.6 Å². The van der Waals surface area contributed by atoms with E-state index in [0.29, 0.717) is 17.2 Å². The second-order valence-electron chi connectivity index (χ2n) is 8.82. The predicted molar refractivity (Wildman–Crippen MR) is 142 cm³/mol. The van der Waals surface area contributed by atoms with Gasteiger partial charge in [0.05, 0.1) is 18.2 Å². The molecule has 3 aromatic rings. The van der Waals surface area contributed by atoms with Gasteiger partial charge in [0.1, 0.15) is 0 Å². The monoisotopic (exact) mass is 490 g/mol. The first kappa shape index (κ1) is 24.8. The van der Waals surface area contributed by atoms with E-state index >= 15 is 0 Å². The molecule has 1 amide bonds. The summed E-state index contributed by atoms with van der Waals surface area (Å²) in [7, 11) is 0. The van der Waals surface area contributed by atoms with Crippen LogP contribution in [0.4, 0.5) is 11.4 Å². The van der Waals surface area contributed by atoms with E-state index in [1.807, 2.05) is 53.4 Å². The molecule has 6 heteroatoms. The third-order valence-electron chi connectivity index (χ3n) is 6.60. The van der Waals surface area contributed by atoms with Gasteiger partial charge in [-0.1, -0.05) is 29.8 Å². The average Bonchev–Trinajstić information content (AvgIpc) is 2.85. The molecule has 1 aliphatic rings. The van der Waals surface area contributed by atoms with Crippen LogP contribution in [0.15, 0.2) is 66.7 Å². The van der Waals surface area contributed by atoms with Crippen LogP contribution in [0, 0.1) is 0 Å². The van der Waals surface area contributed by atoms with Crippen LogP contribution in [0.2, 0.25) is 5.02 Å². The lowest BCUT2D eigenvalue weighted by Crippen LogP contribution is -2.45. The van der Waals surface area contributed by atoms with Crippen LogP contribution in [-0.4, -0.2) is 31.1 Å². The third kappa shape index (κ3) is 5.06. The second-order valence-corrected chi connectivity index (χ2v) is 9.26. The minimum absolute atomic E-state index is 0.0401. The van der Waals surface area contributed by atoms with E-state index in [0.717, 1.165) is 41.0 Å². The average molecular weight is 491 g/mol. The number of carbonyl (C=O) groups excluding carboxylic acids is 2. The number of carbonyl (C=O) groups is 2. The first-order chi connectivity index (χ1) is 16.8. The molecule has 0 saturated carbocycles. The van der Waals surface area contributed by atoms with Crippen molar-refractivity contribution in [1.82, 2.24) is 0 Å². The number of rotatable bonds is 6. The maximum atomic E-state index is 12.6. The Morgan fingerprint density at radius 2 is 1.66 bits per heavy atom. The van der Waals surface area contributed by atoms with Gasteiger partial charge in [-0.25, -0.2) is 4.79 Å². The van der Waals surface area contributed by atoms with E-state index in [-0.39, 0.29) is 24.0 Å². The Bertz CT molecular complexity index is 1210. The molecule has 35 heavy (non-hydrogen) atoms. The number of hydrogen-bond donors (Lipinski definition) is 0. The Morgan fingerprint density at radius 3 is 2.26 bits per heavy atom. The lowest BCUT2D eigenvalue weighted by Gasteiger charge is -2.44. The predicted octanol–water partition coefficient (Wildman–Crippen LogP) is 6.90. The molecule has 0 saturated heterocycles. The summed E-state index contributed by atoms with van der Waals surface area (Å²) in [6, 6.07) is 21.8. The van der Waals surface area contributed by atoms with Crippen molar-refractivity contribution in [2.45, 2.75) is 46.2 Å².